The molecule has 0 aliphatic rings. The Kier molecular flexibility index (Phi) is 4.11. The first-order valence-electron chi connectivity index (χ1n) is 4.90. The molecule has 0 aliphatic carbocycles. The molecule has 6 heteroatoms. The lowest BCUT2D eigenvalue weighted by Gasteiger charge is -2.13. The lowest BCUT2D eigenvalue weighted by atomic mass is 10.1. The molecule has 0 fully saturated rings. The maximum Gasteiger partial charge on any atom is 0.416 e. The van der Waals surface area contributed by atoms with Gasteiger partial charge < -0.3 is 10.4 Å². The Morgan fingerprint density at radius 3 is 2.65 bits per heavy atom. The SMILES string of the molecule is CC(=O)NCC(O)c1cccc(C(F)(F)F)c1. The van der Waals surface area contributed by atoms with Crippen LogP contribution in [0.2, 0.25) is 0 Å². The Labute approximate surface area is 96.3 Å². The van der Waals surface area contributed by atoms with Gasteiger partial charge in [-0.1, -0.05) is 12.1 Å². The van der Waals surface area contributed by atoms with Gasteiger partial charge in [-0.2, -0.15) is 13.2 Å². The minimum absolute atomic E-state index is 0.114. The molecule has 0 spiro atoms. The summed E-state index contributed by atoms with van der Waals surface area (Å²) < 4.78 is 37.2. The monoisotopic (exact) mass is 247 g/mol. The maximum absolute atomic E-state index is 12.4. The van der Waals surface area contributed by atoms with Crippen LogP contribution in [-0.4, -0.2) is 17.6 Å². The van der Waals surface area contributed by atoms with Gasteiger partial charge in [-0.15, -0.1) is 0 Å². The van der Waals surface area contributed by atoms with Crippen LogP contribution < -0.4 is 5.32 Å². The van der Waals surface area contributed by atoms with E-state index in [1.165, 1.54) is 19.1 Å². The van der Waals surface area contributed by atoms with Gasteiger partial charge in [0.15, 0.2) is 0 Å². The fourth-order valence-corrected chi connectivity index (χ4v) is 1.28. The van der Waals surface area contributed by atoms with E-state index in [0.717, 1.165) is 12.1 Å². The van der Waals surface area contributed by atoms with E-state index in [1.54, 1.807) is 0 Å². The van der Waals surface area contributed by atoms with Gasteiger partial charge in [0, 0.05) is 13.5 Å². The van der Waals surface area contributed by atoms with Crippen LogP contribution in [0.1, 0.15) is 24.2 Å². The minimum atomic E-state index is -4.44. The van der Waals surface area contributed by atoms with E-state index in [9.17, 15) is 23.1 Å². The van der Waals surface area contributed by atoms with Crippen LogP contribution in [0.4, 0.5) is 13.2 Å². The zero-order valence-corrected chi connectivity index (χ0v) is 9.08. The molecule has 0 aromatic heterocycles. The third-order valence-electron chi connectivity index (χ3n) is 2.14. The van der Waals surface area contributed by atoms with Crippen LogP contribution in [0.15, 0.2) is 24.3 Å². The van der Waals surface area contributed by atoms with Crippen LogP contribution in [0.25, 0.3) is 0 Å². The molecule has 1 aromatic rings. The lowest BCUT2D eigenvalue weighted by Crippen LogP contribution is -2.25. The zero-order valence-electron chi connectivity index (χ0n) is 9.08. The van der Waals surface area contributed by atoms with Crippen LogP contribution in [0.5, 0.6) is 0 Å². The van der Waals surface area contributed by atoms with Crippen molar-refractivity contribution in [3.63, 3.8) is 0 Å². The van der Waals surface area contributed by atoms with E-state index < -0.39 is 17.8 Å². The van der Waals surface area contributed by atoms with Gasteiger partial charge in [0.2, 0.25) is 5.91 Å². The van der Waals surface area contributed by atoms with E-state index in [2.05, 4.69) is 5.32 Å². The fourth-order valence-electron chi connectivity index (χ4n) is 1.28. The number of aliphatic hydroxyl groups is 1. The third kappa shape index (κ3) is 4.07. The van der Waals surface area contributed by atoms with E-state index in [-0.39, 0.29) is 18.0 Å². The smallest absolute Gasteiger partial charge is 0.387 e. The molecule has 3 nitrogen and oxygen atoms in total. The standard InChI is InChI=1S/C11H12F3NO2/c1-7(16)15-6-10(17)8-3-2-4-9(5-8)11(12,13)14/h2-5,10,17H,6H2,1H3,(H,15,16). The number of amides is 1. The summed E-state index contributed by atoms with van der Waals surface area (Å²) in [5.41, 5.74) is -0.703. The van der Waals surface area contributed by atoms with Crippen molar-refractivity contribution in [1.29, 1.82) is 0 Å². The second kappa shape index (κ2) is 5.18. The molecule has 0 aliphatic heterocycles. The fraction of sp³-hybridized carbons (Fsp3) is 0.364. The van der Waals surface area contributed by atoms with Crippen molar-refractivity contribution < 1.29 is 23.1 Å². The van der Waals surface area contributed by atoms with E-state index in [1.807, 2.05) is 0 Å². The molecule has 1 atom stereocenters. The van der Waals surface area contributed by atoms with E-state index in [0.29, 0.717) is 0 Å². The number of halogens is 3. The molecule has 94 valence electrons. The highest BCUT2D eigenvalue weighted by Crippen LogP contribution is 2.30. The average molecular weight is 247 g/mol. The van der Waals surface area contributed by atoms with Crippen LogP contribution in [0, 0.1) is 0 Å². The first-order chi connectivity index (χ1) is 7.80. The molecule has 1 aromatic carbocycles. The molecule has 1 unspecified atom stereocenters. The number of carbonyl (C=O) groups excluding carboxylic acids is 1. The van der Waals surface area contributed by atoms with Crippen molar-refractivity contribution in [2.75, 3.05) is 6.54 Å². The first-order valence-corrected chi connectivity index (χ1v) is 4.90. The first kappa shape index (κ1) is 13.5. The van der Waals surface area contributed by atoms with Crippen LogP contribution in [0.3, 0.4) is 0 Å². The van der Waals surface area contributed by atoms with Gasteiger partial charge in [-0.05, 0) is 17.7 Å². The van der Waals surface area contributed by atoms with Gasteiger partial charge in [0.1, 0.15) is 0 Å². The Bertz CT molecular complexity index is 404. The molecule has 1 amide bonds. The minimum Gasteiger partial charge on any atom is -0.387 e. The summed E-state index contributed by atoms with van der Waals surface area (Å²) in [5, 5.41) is 11.9. The second-order valence-electron chi connectivity index (χ2n) is 3.58. The number of rotatable bonds is 3. The van der Waals surface area contributed by atoms with E-state index >= 15 is 0 Å². The van der Waals surface area contributed by atoms with Gasteiger partial charge in [-0.3, -0.25) is 4.79 Å². The van der Waals surface area contributed by atoms with Crippen molar-refractivity contribution in [2.45, 2.75) is 19.2 Å². The molecule has 1 rings (SSSR count). The number of nitrogens with one attached hydrogen (secondary N) is 1. The summed E-state index contributed by atoms with van der Waals surface area (Å²) in [7, 11) is 0. The van der Waals surface area contributed by atoms with E-state index in [4.69, 9.17) is 0 Å². The molecule has 0 heterocycles. The molecule has 0 saturated carbocycles. The predicted octanol–water partition coefficient (Wildman–Crippen LogP) is 1.87. The van der Waals surface area contributed by atoms with Gasteiger partial charge in [0.05, 0.1) is 11.7 Å². The summed E-state index contributed by atoms with van der Waals surface area (Å²) in [6.45, 7) is 1.15. The number of alkyl halides is 3. The molecule has 2 N–H and O–H groups in total. The Morgan fingerprint density at radius 1 is 1.47 bits per heavy atom. The molecule has 0 radical (unpaired) electrons. The summed E-state index contributed by atoms with van der Waals surface area (Å²) >= 11 is 0. The lowest BCUT2D eigenvalue weighted by molar-refractivity contribution is -0.137. The maximum atomic E-state index is 12.4. The van der Waals surface area contributed by atoms with Gasteiger partial charge in [0.25, 0.3) is 0 Å². The highest BCUT2D eigenvalue weighted by molar-refractivity contribution is 5.72. The van der Waals surface area contributed by atoms with Crippen molar-refractivity contribution in [2.24, 2.45) is 0 Å². The summed E-state index contributed by atoms with van der Waals surface area (Å²) in [4.78, 5) is 10.6. The predicted molar refractivity (Wildman–Crippen MR) is 55.1 cm³/mol. The normalized spacial score (nSPS) is 13.2. The number of aliphatic hydroxyl groups excluding tert-OH is 1. The van der Waals surface area contributed by atoms with Crippen LogP contribution >= 0.6 is 0 Å². The third-order valence-corrected chi connectivity index (χ3v) is 2.14. The summed E-state index contributed by atoms with van der Waals surface area (Å²) in [6.07, 6.45) is -5.59. The number of benzene rings is 1. The van der Waals surface area contributed by atoms with Crippen molar-refractivity contribution in [3.8, 4) is 0 Å². The van der Waals surface area contributed by atoms with Gasteiger partial charge >= 0.3 is 6.18 Å². The van der Waals surface area contributed by atoms with Crippen molar-refractivity contribution >= 4 is 5.91 Å². The number of hydrogen-bond donors (Lipinski definition) is 2. The topological polar surface area (TPSA) is 49.3 Å². The number of carbonyl (C=O) groups is 1. The van der Waals surface area contributed by atoms with Crippen LogP contribution in [-0.2, 0) is 11.0 Å². The molecular weight excluding hydrogens is 235 g/mol. The molecule has 0 saturated heterocycles. The zero-order chi connectivity index (χ0) is 13.1. The van der Waals surface area contributed by atoms with Gasteiger partial charge in [-0.25, -0.2) is 0 Å². The largest absolute Gasteiger partial charge is 0.416 e. The molecule has 0 bridgehead atoms. The quantitative estimate of drug-likeness (QED) is 0.856. The Morgan fingerprint density at radius 2 is 2.12 bits per heavy atom. The second-order valence-corrected chi connectivity index (χ2v) is 3.58. The Hall–Kier alpha value is -1.56. The molecule has 17 heavy (non-hydrogen) atoms. The average Bonchev–Trinajstić information content (AvgIpc) is 2.25. The Balaban J connectivity index is 2.81. The summed E-state index contributed by atoms with van der Waals surface area (Å²) in [6, 6.07) is 4.39. The van der Waals surface area contributed by atoms with Crippen molar-refractivity contribution in [1.82, 2.24) is 5.32 Å². The van der Waals surface area contributed by atoms with Crippen molar-refractivity contribution in [3.05, 3.63) is 35.4 Å². The molecular formula is C11H12F3NO2. The summed E-state index contributed by atoms with van der Waals surface area (Å²) in [5.74, 6) is -0.351. The highest BCUT2D eigenvalue weighted by atomic mass is 19.4. The highest BCUT2D eigenvalue weighted by Gasteiger charge is 2.30. The number of hydrogen-bond acceptors (Lipinski definition) is 2.